The number of benzene rings is 1. The summed E-state index contributed by atoms with van der Waals surface area (Å²) in [5, 5.41) is 18.9. The summed E-state index contributed by atoms with van der Waals surface area (Å²) in [4.78, 5) is 11.0. The van der Waals surface area contributed by atoms with Gasteiger partial charge < -0.3 is 19.7 Å². The summed E-state index contributed by atoms with van der Waals surface area (Å²) in [6.07, 6.45) is 1.60. The van der Waals surface area contributed by atoms with E-state index in [1.165, 1.54) is 0 Å². The minimum absolute atomic E-state index is 0.0459. The van der Waals surface area contributed by atoms with E-state index in [-0.39, 0.29) is 36.2 Å². The van der Waals surface area contributed by atoms with Crippen LogP contribution < -0.4 is 9.47 Å². The monoisotopic (exact) mass is 268 g/mol. The maximum atomic E-state index is 13.7. The molecule has 1 heterocycles. The molecule has 0 aromatic heterocycles. The number of carbonyl (C=O) groups is 1. The van der Waals surface area contributed by atoms with Crippen molar-refractivity contribution in [3.05, 3.63) is 17.4 Å². The van der Waals surface area contributed by atoms with Crippen LogP contribution in [-0.2, 0) is 4.79 Å². The van der Waals surface area contributed by atoms with Crippen molar-refractivity contribution >= 4 is 5.97 Å². The zero-order valence-corrected chi connectivity index (χ0v) is 10.1. The second-order valence-electron chi connectivity index (χ2n) is 4.90. The molecule has 0 spiro atoms. The van der Waals surface area contributed by atoms with Gasteiger partial charge in [0.15, 0.2) is 23.1 Å². The first-order valence-electron chi connectivity index (χ1n) is 6.10. The van der Waals surface area contributed by atoms with Crippen molar-refractivity contribution in [3.8, 4) is 17.2 Å². The summed E-state index contributed by atoms with van der Waals surface area (Å²) in [6, 6.07) is 1.06. The summed E-state index contributed by atoms with van der Waals surface area (Å²) >= 11 is 0. The number of hydrogen-bond donors (Lipinski definition) is 2. The first kappa shape index (κ1) is 12.1. The van der Waals surface area contributed by atoms with Gasteiger partial charge in [-0.15, -0.1) is 0 Å². The summed E-state index contributed by atoms with van der Waals surface area (Å²) in [5.41, 5.74) is 0.234. The lowest BCUT2D eigenvalue weighted by Crippen LogP contribution is -2.10. The fourth-order valence-electron chi connectivity index (χ4n) is 2.56. The van der Waals surface area contributed by atoms with Gasteiger partial charge in [-0.25, -0.2) is 4.39 Å². The summed E-state index contributed by atoms with van der Waals surface area (Å²) in [6.45, 7) is -0.0459. The number of rotatable bonds is 4. The second-order valence-corrected chi connectivity index (χ2v) is 4.90. The van der Waals surface area contributed by atoms with E-state index in [2.05, 4.69) is 0 Å². The fourth-order valence-corrected chi connectivity index (χ4v) is 2.56. The zero-order valence-electron chi connectivity index (χ0n) is 10.1. The Morgan fingerprint density at radius 1 is 1.47 bits per heavy atom. The Balaban J connectivity index is 2.09. The molecule has 2 N–H and O–H groups in total. The smallest absolute Gasteiger partial charge is 0.303 e. The van der Waals surface area contributed by atoms with Gasteiger partial charge in [0.25, 0.3) is 0 Å². The Morgan fingerprint density at radius 2 is 2.21 bits per heavy atom. The van der Waals surface area contributed by atoms with E-state index < -0.39 is 23.5 Å². The van der Waals surface area contributed by atoms with Gasteiger partial charge in [0, 0.05) is 17.5 Å². The van der Waals surface area contributed by atoms with Crippen LogP contribution in [0.3, 0.4) is 0 Å². The van der Waals surface area contributed by atoms with E-state index >= 15 is 0 Å². The SMILES string of the molecule is O=C(O)CC(c1c(O)c(F)cc2c1OCO2)C1CC1. The van der Waals surface area contributed by atoms with Crippen LogP contribution in [0.1, 0.15) is 30.7 Å². The Labute approximate surface area is 108 Å². The molecule has 0 radical (unpaired) electrons. The van der Waals surface area contributed by atoms with Crippen LogP contribution in [0.5, 0.6) is 17.2 Å². The number of phenolic OH excluding ortho intramolecular Hbond substituents is 1. The zero-order chi connectivity index (χ0) is 13.6. The maximum absolute atomic E-state index is 13.7. The number of hydrogen-bond acceptors (Lipinski definition) is 4. The van der Waals surface area contributed by atoms with Crippen molar-refractivity contribution in [2.45, 2.75) is 25.2 Å². The van der Waals surface area contributed by atoms with Gasteiger partial charge in [0.1, 0.15) is 0 Å². The lowest BCUT2D eigenvalue weighted by Gasteiger charge is -2.18. The number of phenols is 1. The highest BCUT2D eigenvalue weighted by Gasteiger charge is 2.39. The van der Waals surface area contributed by atoms with Crippen LogP contribution in [0.2, 0.25) is 0 Å². The molecule has 19 heavy (non-hydrogen) atoms. The van der Waals surface area contributed by atoms with Gasteiger partial charge in [-0.2, -0.15) is 0 Å². The molecule has 6 heteroatoms. The van der Waals surface area contributed by atoms with E-state index in [9.17, 15) is 14.3 Å². The molecule has 1 aliphatic carbocycles. The molecule has 5 nitrogen and oxygen atoms in total. The average molecular weight is 268 g/mol. The van der Waals surface area contributed by atoms with Crippen LogP contribution in [0.4, 0.5) is 4.39 Å². The minimum atomic E-state index is -0.978. The number of ether oxygens (including phenoxy) is 2. The number of carboxylic acid groups (broad SMARTS) is 1. The average Bonchev–Trinajstić information content (AvgIpc) is 3.09. The van der Waals surface area contributed by atoms with Gasteiger partial charge in [-0.05, 0) is 18.8 Å². The first-order valence-corrected chi connectivity index (χ1v) is 6.10. The molecule has 1 aromatic rings. The third-order valence-electron chi connectivity index (χ3n) is 3.58. The van der Waals surface area contributed by atoms with E-state index in [0.29, 0.717) is 0 Å². The third kappa shape index (κ3) is 2.07. The molecule has 0 bridgehead atoms. The van der Waals surface area contributed by atoms with Gasteiger partial charge in [-0.1, -0.05) is 0 Å². The van der Waals surface area contributed by atoms with Crippen molar-refractivity contribution in [1.29, 1.82) is 0 Å². The third-order valence-corrected chi connectivity index (χ3v) is 3.58. The normalized spacial score (nSPS) is 18.4. The Hall–Kier alpha value is -1.98. The van der Waals surface area contributed by atoms with Gasteiger partial charge >= 0.3 is 5.97 Å². The standard InChI is InChI=1S/C13H13FO5/c14-8-4-9-13(19-5-18-9)11(12(8)17)7(3-10(15)16)6-1-2-6/h4,6-7,17H,1-3,5H2,(H,15,16). The predicted molar refractivity (Wildman–Crippen MR) is 61.9 cm³/mol. The molecule has 1 atom stereocenters. The molecule has 0 saturated heterocycles. The van der Waals surface area contributed by atoms with Crippen molar-refractivity contribution in [2.75, 3.05) is 6.79 Å². The van der Waals surface area contributed by atoms with E-state index in [1.807, 2.05) is 0 Å². The Morgan fingerprint density at radius 3 is 2.84 bits per heavy atom. The predicted octanol–water partition coefficient (Wildman–Crippen LogP) is 2.23. The molecule has 2 aliphatic rings. The molecule has 0 amide bonds. The lowest BCUT2D eigenvalue weighted by molar-refractivity contribution is -0.137. The fraction of sp³-hybridized carbons (Fsp3) is 0.462. The van der Waals surface area contributed by atoms with Crippen LogP contribution in [0.25, 0.3) is 0 Å². The maximum Gasteiger partial charge on any atom is 0.303 e. The van der Waals surface area contributed by atoms with Gasteiger partial charge in [-0.3, -0.25) is 4.79 Å². The highest BCUT2D eigenvalue weighted by Crippen LogP contribution is 2.53. The number of carboxylic acids is 1. The van der Waals surface area contributed by atoms with Crippen LogP contribution >= 0.6 is 0 Å². The van der Waals surface area contributed by atoms with Gasteiger partial charge in [0.2, 0.25) is 6.79 Å². The van der Waals surface area contributed by atoms with Crippen LogP contribution in [0, 0.1) is 11.7 Å². The van der Waals surface area contributed by atoms with E-state index in [4.69, 9.17) is 14.6 Å². The Bertz CT molecular complexity index is 538. The number of aliphatic carboxylic acids is 1. The molecule has 1 fully saturated rings. The Kier molecular flexibility index (Phi) is 2.73. The summed E-state index contributed by atoms with van der Waals surface area (Å²) in [5.74, 6) is -2.11. The summed E-state index contributed by atoms with van der Waals surface area (Å²) in [7, 11) is 0. The van der Waals surface area contributed by atoms with Crippen molar-refractivity contribution in [2.24, 2.45) is 5.92 Å². The van der Waals surface area contributed by atoms with E-state index in [0.717, 1.165) is 18.9 Å². The molecule has 3 rings (SSSR count). The number of halogens is 1. The minimum Gasteiger partial charge on any atom is -0.505 e. The quantitative estimate of drug-likeness (QED) is 0.875. The van der Waals surface area contributed by atoms with Crippen molar-refractivity contribution in [3.63, 3.8) is 0 Å². The van der Waals surface area contributed by atoms with E-state index in [1.54, 1.807) is 0 Å². The van der Waals surface area contributed by atoms with Crippen LogP contribution in [-0.4, -0.2) is 23.0 Å². The number of aromatic hydroxyl groups is 1. The molecule has 1 aliphatic heterocycles. The van der Waals surface area contributed by atoms with Crippen LogP contribution in [0.15, 0.2) is 6.07 Å². The number of fused-ring (bicyclic) bond motifs is 1. The van der Waals surface area contributed by atoms with Gasteiger partial charge in [0.05, 0.1) is 6.42 Å². The van der Waals surface area contributed by atoms with Crippen molar-refractivity contribution in [1.82, 2.24) is 0 Å². The molecular weight excluding hydrogens is 255 g/mol. The summed E-state index contributed by atoms with van der Waals surface area (Å²) < 4.78 is 24.1. The lowest BCUT2D eigenvalue weighted by atomic mass is 9.89. The molecule has 102 valence electrons. The topological polar surface area (TPSA) is 76.0 Å². The molecule has 1 unspecified atom stereocenters. The molecule has 1 saturated carbocycles. The van der Waals surface area contributed by atoms with Crippen molar-refractivity contribution < 1.29 is 28.9 Å². The first-order chi connectivity index (χ1) is 9.08. The highest BCUT2D eigenvalue weighted by atomic mass is 19.1. The molecule has 1 aromatic carbocycles. The molecular formula is C13H13FO5. The largest absolute Gasteiger partial charge is 0.505 e. The highest BCUT2D eigenvalue weighted by molar-refractivity contribution is 5.70. The second kappa shape index (κ2) is 4.29.